The molecule has 0 aromatic heterocycles. The summed E-state index contributed by atoms with van der Waals surface area (Å²) in [5.41, 5.74) is 5.20. The third-order valence-electron chi connectivity index (χ3n) is 1.51. The number of carbonyl (C=O) groups is 1. The zero-order chi connectivity index (χ0) is 9.14. The molecule has 1 aromatic rings. The van der Waals surface area contributed by atoms with Gasteiger partial charge in [-0.25, -0.2) is 4.39 Å². The van der Waals surface area contributed by atoms with Gasteiger partial charge in [-0.1, -0.05) is 18.2 Å². The van der Waals surface area contributed by atoms with Gasteiger partial charge in [-0.2, -0.15) is 0 Å². The van der Waals surface area contributed by atoms with Crippen LogP contribution in [0.3, 0.4) is 0 Å². The van der Waals surface area contributed by atoms with Crippen molar-refractivity contribution < 1.29 is 14.3 Å². The maximum absolute atomic E-state index is 12.9. The Hall–Kier alpha value is -1.13. The molecule has 1 rings (SSSR count). The summed E-state index contributed by atoms with van der Waals surface area (Å²) in [6, 6.07) is 4.27. The Balaban J connectivity index is 0.00000144. The smallest absolute Gasteiger partial charge is 0.325 e. The summed E-state index contributed by atoms with van der Waals surface area (Å²) in [6.45, 7) is 0. The molecule has 0 aliphatic carbocycles. The Bertz CT molecular complexity index is 306. The van der Waals surface area contributed by atoms with Gasteiger partial charge in [0.15, 0.2) is 0 Å². The summed E-state index contributed by atoms with van der Waals surface area (Å²) in [4.78, 5) is 10.4. The lowest BCUT2D eigenvalue weighted by Gasteiger charge is -2.06. The quantitative estimate of drug-likeness (QED) is 0.766. The normalized spacial score (nSPS) is 11.5. The van der Waals surface area contributed by atoms with Gasteiger partial charge < -0.3 is 10.8 Å². The lowest BCUT2D eigenvalue weighted by atomic mass is 10.1. The number of halogens is 2. The van der Waals surface area contributed by atoms with Crippen LogP contribution in [0.15, 0.2) is 24.3 Å². The van der Waals surface area contributed by atoms with Crippen LogP contribution in [0.4, 0.5) is 4.39 Å². The van der Waals surface area contributed by atoms with Crippen molar-refractivity contribution in [2.45, 2.75) is 6.04 Å². The zero-order valence-corrected chi connectivity index (χ0v) is 7.42. The highest BCUT2D eigenvalue weighted by Gasteiger charge is 2.17. The van der Waals surface area contributed by atoms with Crippen molar-refractivity contribution in [2.75, 3.05) is 0 Å². The first-order chi connectivity index (χ1) is 5.63. The minimum atomic E-state index is -1.29. The van der Waals surface area contributed by atoms with Crippen LogP contribution in [0, 0.1) is 5.82 Å². The van der Waals surface area contributed by atoms with E-state index in [-0.39, 0.29) is 18.0 Å². The molecule has 3 nitrogen and oxygen atoms in total. The van der Waals surface area contributed by atoms with Gasteiger partial charge in [0.25, 0.3) is 0 Å². The van der Waals surface area contributed by atoms with Gasteiger partial charge >= 0.3 is 5.97 Å². The Labute approximate surface area is 80.8 Å². The van der Waals surface area contributed by atoms with Crippen LogP contribution in [-0.4, -0.2) is 11.1 Å². The first kappa shape index (κ1) is 11.9. The Kier molecular flexibility index (Phi) is 4.37. The minimum absolute atomic E-state index is 0. The van der Waals surface area contributed by atoms with Gasteiger partial charge in [-0.05, 0) is 6.07 Å². The first-order valence-electron chi connectivity index (χ1n) is 3.35. The summed E-state index contributed by atoms with van der Waals surface area (Å²) in [6.07, 6.45) is 0. The van der Waals surface area contributed by atoms with Crippen LogP contribution in [0.5, 0.6) is 0 Å². The van der Waals surface area contributed by atoms with Crippen LogP contribution in [0.2, 0.25) is 0 Å². The van der Waals surface area contributed by atoms with E-state index in [1.165, 1.54) is 18.2 Å². The largest absolute Gasteiger partial charge is 0.480 e. The average Bonchev–Trinajstić information content (AvgIpc) is 2.04. The molecule has 0 amide bonds. The molecule has 0 aliphatic rings. The highest BCUT2D eigenvalue weighted by Crippen LogP contribution is 2.13. The second-order valence-electron chi connectivity index (χ2n) is 2.34. The summed E-state index contributed by atoms with van der Waals surface area (Å²) >= 11 is 0. The predicted octanol–water partition coefficient (Wildman–Crippen LogP) is 1.33. The van der Waals surface area contributed by atoms with Crippen molar-refractivity contribution in [2.24, 2.45) is 5.73 Å². The molecule has 0 heterocycles. The SMILES string of the molecule is Cl.N[C@@H](C(=O)O)c1ccccc1F. The highest BCUT2D eigenvalue weighted by atomic mass is 35.5. The highest BCUT2D eigenvalue weighted by molar-refractivity contribution is 5.85. The predicted molar refractivity (Wildman–Crippen MR) is 48.2 cm³/mol. The molecule has 0 unspecified atom stereocenters. The third kappa shape index (κ3) is 2.68. The van der Waals surface area contributed by atoms with E-state index < -0.39 is 17.8 Å². The van der Waals surface area contributed by atoms with Gasteiger partial charge in [0.05, 0.1) is 0 Å². The van der Waals surface area contributed by atoms with Crippen LogP contribution >= 0.6 is 12.4 Å². The van der Waals surface area contributed by atoms with Crippen molar-refractivity contribution >= 4 is 18.4 Å². The van der Waals surface area contributed by atoms with E-state index in [4.69, 9.17) is 10.8 Å². The molecule has 72 valence electrons. The van der Waals surface area contributed by atoms with E-state index in [9.17, 15) is 9.18 Å². The summed E-state index contributed by atoms with van der Waals surface area (Å²) in [7, 11) is 0. The number of benzene rings is 1. The third-order valence-corrected chi connectivity index (χ3v) is 1.51. The number of aliphatic carboxylic acids is 1. The Morgan fingerprint density at radius 3 is 2.46 bits per heavy atom. The lowest BCUT2D eigenvalue weighted by molar-refractivity contribution is -0.138. The Morgan fingerprint density at radius 1 is 1.46 bits per heavy atom. The van der Waals surface area contributed by atoms with E-state index >= 15 is 0 Å². The molecule has 3 N–H and O–H groups in total. The summed E-state index contributed by atoms with van der Waals surface area (Å²) in [5, 5.41) is 8.47. The molecule has 0 bridgehead atoms. The van der Waals surface area contributed by atoms with Crippen LogP contribution in [0.25, 0.3) is 0 Å². The van der Waals surface area contributed by atoms with Crippen LogP contribution in [-0.2, 0) is 4.79 Å². The fourth-order valence-corrected chi connectivity index (χ4v) is 0.860. The van der Waals surface area contributed by atoms with Gasteiger partial charge in [0, 0.05) is 5.56 Å². The lowest BCUT2D eigenvalue weighted by Crippen LogP contribution is -2.21. The van der Waals surface area contributed by atoms with Gasteiger partial charge in [-0.3, -0.25) is 4.79 Å². The fourth-order valence-electron chi connectivity index (χ4n) is 0.860. The summed E-state index contributed by atoms with van der Waals surface area (Å²) in [5.74, 6) is -1.83. The van der Waals surface area contributed by atoms with E-state index in [1.54, 1.807) is 6.07 Å². The fraction of sp³-hybridized carbons (Fsp3) is 0.125. The maximum Gasteiger partial charge on any atom is 0.325 e. The van der Waals surface area contributed by atoms with Crippen LogP contribution < -0.4 is 5.73 Å². The van der Waals surface area contributed by atoms with Crippen molar-refractivity contribution in [3.05, 3.63) is 35.6 Å². The molecule has 13 heavy (non-hydrogen) atoms. The van der Waals surface area contributed by atoms with Gasteiger partial charge in [0.2, 0.25) is 0 Å². The first-order valence-corrected chi connectivity index (χ1v) is 3.35. The number of carboxylic acid groups (broad SMARTS) is 1. The average molecular weight is 206 g/mol. The van der Waals surface area contributed by atoms with Crippen molar-refractivity contribution in [3.63, 3.8) is 0 Å². The van der Waals surface area contributed by atoms with E-state index in [0.29, 0.717) is 0 Å². The van der Waals surface area contributed by atoms with E-state index in [0.717, 1.165) is 0 Å². The molecule has 5 heteroatoms. The molecule has 0 saturated heterocycles. The van der Waals surface area contributed by atoms with Crippen LogP contribution in [0.1, 0.15) is 11.6 Å². The molecule has 0 saturated carbocycles. The van der Waals surface area contributed by atoms with Crippen molar-refractivity contribution in [1.29, 1.82) is 0 Å². The topological polar surface area (TPSA) is 63.3 Å². The maximum atomic E-state index is 12.9. The van der Waals surface area contributed by atoms with Crippen molar-refractivity contribution in [3.8, 4) is 0 Å². The number of nitrogens with two attached hydrogens (primary N) is 1. The molecule has 0 aliphatic heterocycles. The molecular weight excluding hydrogens is 197 g/mol. The second-order valence-corrected chi connectivity index (χ2v) is 2.34. The van der Waals surface area contributed by atoms with E-state index in [1.807, 2.05) is 0 Å². The second kappa shape index (κ2) is 4.79. The monoisotopic (exact) mass is 205 g/mol. The minimum Gasteiger partial charge on any atom is -0.480 e. The number of rotatable bonds is 2. The van der Waals surface area contributed by atoms with Gasteiger partial charge in [-0.15, -0.1) is 12.4 Å². The van der Waals surface area contributed by atoms with Gasteiger partial charge in [0.1, 0.15) is 11.9 Å². The Morgan fingerprint density at radius 2 is 2.00 bits per heavy atom. The molecular formula is C8H9ClFNO2. The molecule has 0 fully saturated rings. The molecule has 0 radical (unpaired) electrons. The molecule has 1 aromatic carbocycles. The number of carboxylic acids is 1. The molecule has 0 spiro atoms. The van der Waals surface area contributed by atoms with E-state index in [2.05, 4.69) is 0 Å². The van der Waals surface area contributed by atoms with Crippen molar-refractivity contribution in [1.82, 2.24) is 0 Å². The standard InChI is InChI=1S/C8H8FNO2.ClH/c9-6-4-2-1-3-5(6)7(10)8(11)12;/h1-4,7H,10H2,(H,11,12);1H/t7-;/m1./s1. The molecule has 1 atom stereocenters. The number of hydrogen-bond acceptors (Lipinski definition) is 2. The number of hydrogen-bond donors (Lipinski definition) is 2. The summed E-state index contributed by atoms with van der Waals surface area (Å²) < 4.78 is 12.9. The zero-order valence-electron chi connectivity index (χ0n) is 6.61.